The Bertz CT molecular complexity index is 7130. The summed E-state index contributed by atoms with van der Waals surface area (Å²) >= 11 is 6.08. The second-order valence-corrected chi connectivity index (χ2v) is 32.0. The van der Waals surface area contributed by atoms with E-state index in [1.54, 1.807) is 0 Å². The van der Waals surface area contributed by atoms with Crippen molar-refractivity contribution in [3.63, 3.8) is 0 Å². The third-order valence-electron chi connectivity index (χ3n) is 23.0. The Hall–Kier alpha value is -15.1. The number of rotatable bonds is 16. The van der Waals surface area contributed by atoms with Crippen molar-refractivity contribution in [2.45, 2.75) is 38.9 Å². The summed E-state index contributed by atoms with van der Waals surface area (Å²) < 4.78 is 24.9. The third-order valence-corrected chi connectivity index (χ3v) is 23.2. The van der Waals surface area contributed by atoms with Gasteiger partial charge in [-0.15, -0.1) is 0 Å². The van der Waals surface area contributed by atoms with E-state index in [4.69, 9.17) is 59.6 Å². The van der Waals surface area contributed by atoms with Gasteiger partial charge in [0.15, 0.2) is 34.9 Å². The van der Waals surface area contributed by atoms with E-state index in [0.29, 0.717) is 40.0 Å². The molecular weight excluding hydrogens is 1540 g/mol. The van der Waals surface area contributed by atoms with Crippen LogP contribution in [0.4, 0.5) is 0 Å². The summed E-state index contributed by atoms with van der Waals surface area (Å²) in [6.07, 6.45) is 0. The van der Waals surface area contributed by atoms with E-state index in [1.165, 1.54) is 55.7 Å². The van der Waals surface area contributed by atoms with Gasteiger partial charge in [-0.2, -0.15) is 0 Å². The van der Waals surface area contributed by atoms with E-state index in [-0.39, 0.29) is 18.3 Å². The molecule has 0 radical (unpaired) electrons. The first-order valence-corrected chi connectivity index (χ1v) is 41.9. The van der Waals surface area contributed by atoms with Crippen LogP contribution >= 0.6 is 11.6 Å². The molecule has 4 aromatic heterocycles. The zero-order valence-electron chi connectivity index (χ0n) is 68.7. The highest BCUT2D eigenvalue weighted by atomic mass is 35.5. The Balaban J connectivity index is 0.000000130. The van der Waals surface area contributed by atoms with Crippen molar-refractivity contribution in [3.05, 3.63) is 474 Å². The van der Waals surface area contributed by atoms with Crippen LogP contribution in [0.25, 0.3) is 146 Å². The van der Waals surface area contributed by atoms with Crippen LogP contribution in [-0.4, -0.2) is 48.2 Å². The van der Waals surface area contributed by atoms with E-state index < -0.39 is 0 Å². The lowest BCUT2D eigenvalue weighted by Crippen LogP contribution is -2.41. The number of hydrogen-bond donors (Lipinski definition) is 0. The number of aromatic nitrogens is 6. The van der Waals surface area contributed by atoms with Crippen LogP contribution in [0.2, 0.25) is 5.02 Å². The number of para-hydroxylation sites is 2. The molecule has 1 aliphatic rings. The predicted molar refractivity (Wildman–Crippen MR) is 508 cm³/mol. The van der Waals surface area contributed by atoms with Crippen LogP contribution < -0.4 is 5.46 Å². The first-order chi connectivity index (χ1) is 60.8. The lowest BCUT2D eigenvalue weighted by Gasteiger charge is -2.32. The molecule has 20 aromatic rings. The van der Waals surface area contributed by atoms with Crippen molar-refractivity contribution in [1.29, 1.82) is 0 Å². The zero-order valence-corrected chi connectivity index (χ0v) is 69.4. The highest BCUT2D eigenvalue weighted by Crippen LogP contribution is 2.43. The average Bonchev–Trinajstić information content (AvgIpc) is 1.88. The second-order valence-electron chi connectivity index (χ2n) is 31.5. The van der Waals surface area contributed by atoms with Gasteiger partial charge in [0, 0.05) is 59.9 Å². The maximum absolute atomic E-state index is 6.29. The standard InChI is InChI=1S/C53H35N3O.C32H31BO2.C27H16ClN3O/c1-5-15-38(16-6-1)49(39-17-7-2-8-18-39)50(40-19-9-3-10-20-40)41-29-25-36(26-30-41)37-27-31-43(32-28-37)52-54-51(42-21-11-4-12-22-42)55-53(56-52)44-33-34-46-45-23-13-14-24-47(45)57-48(46)35-44;1-31(2)32(3,4)35-33(34-31)28-22-20-27(21-23-28)30(26-18-12-7-13-19-26)29(24-14-8-5-9-15-24)25-16-10-6-11-17-25;28-20-13-10-18(11-14-20)26-29-25(17-6-2-1-3-7-17)30-27(31-26)19-12-15-22-21-8-4-5-9-23(21)32-24(22)16-19/h1-35H;5-23H,1-4H3;1-16H. The van der Waals surface area contributed by atoms with Crippen LogP contribution in [0.15, 0.2) is 433 Å². The van der Waals surface area contributed by atoms with Gasteiger partial charge in [-0.25, -0.2) is 29.9 Å². The molecule has 1 fully saturated rings. The van der Waals surface area contributed by atoms with Gasteiger partial charge in [0.1, 0.15) is 22.3 Å². The van der Waals surface area contributed by atoms with E-state index >= 15 is 0 Å². The van der Waals surface area contributed by atoms with Crippen LogP contribution in [0.5, 0.6) is 0 Å². The first kappa shape index (κ1) is 78.7. The Morgan fingerprint density at radius 1 is 0.218 bits per heavy atom. The highest BCUT2D eigenvalue weighted by Gasteiger charge is 2.51. The molecule has 5 heterocycles. The van der Waals surface area contributed by atoms with Gasteiger partial charge < -0.3 is 18.1 Å². The Morgan fingerprint density at radius 2 is 0.444 bits per heavy atom. The van der Waals surface area contributed by atoms with E-state index in [9.17, 15) is 0 Å². The van der Waals surface area contributed by atoms with Gasteiger partial charge in [0.05, 0.1) is 11.2 Å². The van der Waals surface area contributed by atoms with Gasteiger partial charge in [-0.3, -0.25) is 0 Å². The number of halogens is 1. The molecule has 0 saturated carbocycles. The molecule has 0 unspecified atom stereocenters. The molecule has 594 valence electrons. The van der Waals surface area contributed by atoms with Crippen LogP contribution in [0, 0.1) is 0 Å². The van der Waals surface area contributed by atoms with Crippen molar-refractivity contribution in [3.8, 4) is 79.5 Å². The van der Waals surface area contributed by atoms with Crippen molar-refractivity contribution >= 4 is 90.4 Å². The molecule has 0 bridgehead atoms. The molecule has 1 aliphatic heterocycles. The molecule has 16 aromatic carbocycles. The minimum atomic E-state index is -0.374. The fraction of sp³-hybridized carbons (Fsp3) is 0.0536. The van der Waals surface area contributed by atoms with Crippen molar-refractivity contribution in [2.75, 3.05) is 0 Å². The maximum atomic E-state index is 6.29. The summed E-state index contributed by atoms with van der Waals surface area (Å²) in [4.78, 5) is 29.3. The minimum absolute atomic E-state index is 0.362. The first-order valence-electron chi connectivity index (χ1n) is 41.6. The lowest BCUT2D eigenvalue weighted by atomic mass is 9.77. The van der Waals surface area contributed by atoms with Gasteiger partial charge in [0.2, 0.25) is 0 Å². The van der Waals surface area contributed by atoms with Crippen molar-refractivity contribution < 1.29 is 18.1 Å². The molecule has 10 nitrogen and oxygen atoms in total. The number of nitrogens with zero attached hydrogens (tertiary/aromatic N) is 6. The van der Waals surface area contributed by atoms with Crippen molar-refractivity contribution in [1.82, 2.24) is 29.9 Å². The Morgan fingerprint density at radius 3 is 0.766 bits per heavy atom. The molecule has 0 spiro atoms. The smallest absolute Gasteiger partial charge is 0.456 e. The maximum Gasteiger partial charge on any atom is 0.494 e. The van der Waals surface area contributed by atoms with E-state index in [2.05, 4.69) is 313 Å². The Kier molecular flexibility index (Phi) is 22.2. The highest BCUT2D eigenvalue weighted by molar-refractivity contribution is 6.62. The summed E-state index contributed by atoms with van der Waals surface area (Å²) in [7, 11) is -0.374. The molecule has 12 heteroatoms. The SMILES string of the molecule is CC1(C)OB(c2ccc(C(=C(c3ccccc3)c3ccccc3)c3ccccc3)cc2)OC1(C)C.Clc1ccc(-c2nc(-c3ccccc3)nc(-c3ccc4c(c3)oc3ccccc34)n2)cc1.c1ccc(C(=C(c2ccccc2)c2ccc(-c3ccc(-c4nc(-c5ccccc5)nc(-c5ccc6c(c5)oc5ccccc56)n4)cc3)cc2)c2ccccc2)cc1. The van der Waals surface area contributed by atoms with Crippen LogP contribution in [0.1, 0.15) is 72.2 Å². The summed E-state index contributed by atoms with van der Waals surface area (Å²) in [5.74, 6) is 3.62. The van der Waals surface area contributed by atoms with Gasteiger partial charge >= 0.3 is 7.12 Å². The fourth-order valence-corrected chi connectivity index (χ4v) is 16.0. The Labute approximate surface area is 726 Å². The number of hydrogen-bond acceptors (Lipinski definition) is 10. The summed E-state index contributed by atoms with van der Waals surface area (Å²) in [5, 5.41) is 4.99. The molecular formula is C112H82BClN6O4. The number of benzene rings is 16. The molecule has 0 N–H and O–H groups in total. The van der Waals surface area contributed by atoms with Crippen molar-refractivity contribution in [2.24, 2.45) is 0 Å². The zero-order chi connectivity index (χ0) is 83.9. The minimum Gasteiger partial charge on any atom is -0.456 e. The molecule has 124 heavy (non-hydrogen) atoms. The second kappa shape index (κ2) is 34.9. The van der Waals surface area contributed by atoms with Crippen LogP contribution in [-0.2, 0) is 9.31 Å². The predicted octanol–water partition coefficient (Wildman–Crippen LogP) is 27.9. The average molecular weight is 1620 g/mol. The van der Waals surface area contributed by atoms with Gasteiger partial charge in [-0.1, -0.05) is 376 Å². The molecule has 0 amide bonds. The van der Waals surface area contributed by atoms with Gasteiger partial charge in [-0.05, 0) is 172 Å². The van der Waals surface area contributed by atoms with E-state index in [1.807, 2.05) is 140 Å². The number of furan rings is 2. The lowest BCUT2D eigenvalue weighted by molar-refractivity contribution is 0.00578. The molecule has 0 aliphatic carbocycles. The quantitative estimate of drug-likeness (QED) is 0.0683. The molecule has 0 atom stereocenters. The molecule has 1 saturated heterocycles. The third kappa shape index (κ3) is 16.7. The normalized spacial score (nSPS) is 12.6. The summed E-state index contributed by atoms with van der Waals surface area (Å²) in [5.41, 5.74) is 25.4. The topological polar surface area (TPSA) is 122 Å². The molecule has 21 rings (SSSR count). The fourth-order valence-electron chi connectivity index (χ4n) is 15.9. The number of fused-ring (bicyclic) bond motifs is 6. The van der Waals surface area contributed by atoms with E-state index in [0.717, 1.165) is 105 Å². The van der Waals surface area contributed by atoms with Crippen LogP contribution in [0.3, 0.4) is 0 Å². The largest absolute Gasteiger partial charge is 0.494 e. The summed E-state index contributed by atoms with van der Waals surface area (Å²) in [6.45, 7) is 8.35. The van der Waals surface area contributed by atoms with Gasteiger partial charge in [0.25, 0.3) is 0 Å². The monoisotopic (exact) mass is 1620 g/mol. The summed E-state index contributed by atoms with van der Waals surface area (Å²) in [6, 6.07) is 146.